The highest BCUT2D eigenvalue weighted by Crippen LogP contribution is 2.29. The molecular weight excluding hydrogens is 306 g/mol. The summed E-state index contributed by atoms with van der Waals surface area (Å²) in [5.41, 5.74) is 0.568. The zero-order chi connectivity index (χ0) is 12.4. The molecule has 0 aliphatic rings. The Hall–Kier alpha value is -1.21. The Kier molecular flexibility index (Phi) is 3.58. The van der Waals surface area contributed by atoms with Crippen LogP contribution in [0.25, 0.3) is 0 Å². The zero-order valence-corrected chi connectivity index (χ0v) is 11.6. The number of aryl methyl sites for hydroxylation is 1. The van der Waals surface area contributed by atoms with Crippen molar-refractivity contribution in [3.63, 3.8) is 0 Å². The third kappa shape index (κ3) is 2.73. The number of nitrogens with one attached hydrogen (secondary N) is 1. The summed E-state index contributed by atoms with van der Waals surface area (Å²) in [4.78, 5) is 12.9. The fourth-order valence-electron chi connectivity index (χ4n) is 1.26. The summed E-state index contributed by atoms with van der Waals surface area (Å²) in [6.07, 6.45) is 0. The molecule has 0 saturated carbocycles. The van der Waals surface area contributed by atoms with Gasteiger partial charge in [-0.15, -0.1) is 11.3 Å². The fourth-order valence-corrected chi connectivity index (χ4v) is 2.73. The van der Waals surface area contributed by atoms with Gasteiger partial charge in [-0.1, -0.05) is 5.16 Å². The molecule has 7 heteroatoms. The first kappa shape index (κ1) is 12.3. The maximum Gasteiger partial charge on any atom is 0.233 e. The van der Waals surface area contributed by atoms with Crippen LogP contribution in [0.3, 0.4) is 0 Å². The van der Waals surface area contributed by atoms with Crippen LogP contribution in [0, 0.1) is 6.92 Å². The largest absolute Gasteiger partial charge is 0.306 e. The average molecular weight is 316 g/mol. The van der Waals surface area contributed by atoms with Crippen LogP contribution in [-0.2, 0) is 4.79 Å². The highest BCUT2D eigenvalue weighted by Gasteiger charge is 2.19. The van der Waals surface area contributed by atoms with Gasteiger partial charge in [-0.05, 0) is 47.1 Å². The minimum absolute atomic E-state index is 0.127. The Morgan fingerprint density at radius 2 is 2.29 bits per heavy atom. The maximum atomic E-state index is 11.9. The fraction of sp³-hybridized carbons (Fsp3) is 0.300. The van der Waals surface area contributed by atoms with Gasteiger partial charge < -0.3 is 5.32 Å². The van der Waals surface area contributed by atoms with Gasteiger partial charge >= 0.3 is 0 Å². The SMILES string of the molecule is Cc1nonc1NC(=O)[C@@H](C)c1ccc(Br)s1. The minimum atomic E-state index is -0.234. The van der Waals surface area contributed by atoms with Crippen LogP contribution < -0.4 is 5.32 Å². The van der Waals surface area contributed by atoms with Crippen LogP contribution in [0.15, 0.2) is 20.5 Å². The number of carbonyl (C=O) groups is 1. The Morgan fingerprint density at radius 3 is 2.82 bits per heavy atom. The first-order chi connectivity index (χ1) is 8.08. The summed E-state index contributed by atoms with van der Waals surface area (Å²) in [6, 6.07) is 3.85. The molecule has 1 N–H and O–H groups in total. The van der Waals surface area contributed by atoms with E-state index in [-0.39, 0.29) is 11.8 Å². The van der Waals surface area contributed by atoms with Crippen molar-refractivity contribution in [3.8, 4) is 0 Å². The number of thiophene rings is 1. The number of rotatable bonds is 3. The monoisotopic (exact) mass is 315 g/mol. The van der Waals surface area contributed by atoms with Crippen LogP contribution in [0.2, 0.25) is 0 Å². The van der Waals surface area contributed by atoms with E-state index in [1.165, 1.54) is 11.3 Å². The highest BCUT2D eigenvalue weighted by atomic mass is 79.9. The van der Waals surface area contributed by atoms with Crippen LogP contribution in [0.1, 0.15) is 23.4 Å². The number of carbonyl (C=O) groups excluding carboxylic acids is 1. The van der Waals surface area contributed by atoms with Crippen LogP contribution >= 0.6 is 27.3 Å². The first-order valence-electron chi connectivity index (χ1n) is 4.93. The van der Waals surface area contributed by atoms with Gasteiger partial charge in [0.1, 0.15) is 5.69 Å². The Labute approximate surface area is 110 Å². The molecule has 1 amide bonds. The summed E-state index contributed by atoms with van der Waals surface area (Å²) in [7, 11) is 0. The van der Waals surface area contributed by atoms with Crippen molar-refractivity contribution in [3.05, 3.63) is 26.5 Å². The van der Waals surface area contributed by atoms with E-state index in [1.807, 2.05) is 19.1 Å². The number of hydrogen-bond donors (Lipinski definition) is 1. The van der Waals surface area contributed by atoms with Crippen LogP contribution in [0.4, 0.5) is 5.82 Å². The highest BCUT2D eigenvalue weighted by molar-refractivity contribution is 9.11. The third-order valence-electron chi connectivity index (χ3n) is 2.31. The lowest BCUT2D eigenvalue weighted by atomic mass is 10.1. The summed E-state index contributed by atoms with van der Waals surface area (Å²) in [6.45, 7) is 3.56. The van der Waals surface area contributed by atoms with Crippen molar-refractivity contribution in [2.75, 3.05) is 5.32 Å². The topological polar surface area (TPSA) is 68.0 Å². The van der Waals surface area contributed by atoms with E-state index in [0.717, 1.165) is 8.66 Å². The molecule has 0 unspecified atom stereocenters. The first-order valence-corrected chi connectivity index (χ1v) is 6.54. The van der Waals surface area contributed by atoms with E-state index >= 15 is 0 Å². The van der Waals surface area contributed by atoms with Gasteiger partial charge in [0, 0.05) is 4.88 Å². The van der Waals surface area contributed by atoms with Crippen molar-refractivity contribution in [1.29, 1.82) is 0 Å². The lowest BCUT2D eigenvalue weighted by Crippen LogP contribution is -2.18. The number of amides is 1. The number of nitrogens with zero attached hydrogens (tertiary/aromatic N) is 2. The van der Waals surface area contributed by atoms with E-state index < -0.39 is 0 Å². The van der Waals surface area contributed by atoms with E-state index in [0.29, 0.717) is 11.5 Å². The van der Waals surface area contributed by atoms with Crippen molar-refractivity contribution in [2.24, 2.45) is 0 Å². The molecule has 2 rings (SSSR count). The standard InChI is InChI=1S/C10H10BrN3O2S/c1-5(7-3-4-8(11)17-7)10(15)12-9-6(2)13-16-14-9/h3-5H,1-2H3,(H,12,14,15)/t5-/m0/s1. The summed E-state index contributed by atoms with van der Waals surface area (Å²) in [5.74, 6) is 0.0121. The predicted molar refractivity (Wildman–Crippen MR) is 68.1 cm³/mol. The van der Waals surface area contributed by atoms with E-state index in [2.05, 4.69) is 36.2 Å². The Balaban J connectivity index is 2.08. The molecule has 0 aliphatic heterocycles. The normalized spacial score (nSPS) is 12.4. The maximum absolute atomic E-state index is 11.9. The van der Waals surface area contributed by atoms with Crippen LogP contribution in [0.5, 0.6) is 0 Å². The molecule has 1 atom stereocenters. The van der Waals surface area contributed by atoms with E-state index in [9.17, 15) is 4.79 Å². The molecule has 0 saturated heterocycles. The predicted octanol–water partition coefficient (Wildman–Crippen LogP) is 2.94. The van der Waals surface area contributed by atoms with Crippen molar-refractivity contribution in [1.82, 2.24) is 10.3 Å². The smallest absolute Gasteiger partial charge is 0.233 e. The van der Waals surface area contributed by atoms with Crippen molar-refractivity contribution >= 4 is 39.0 Å². The molecule has 17 heavy (non-hydrogen) atoms. The Morgan fingerprint density at radius 1 is 1.53 bits per heavy atom. The molecule has 0 aromatic carbocycles. The zero-order valence-electron chi connectivity index (χ0n) is 9.23. The summed E-state index contributed by atoms with van der Waals surface area (Å²) >= 11 is 4.91. The molecule has 2 aromatic heterocycles. The molecule has 5 nitrogen and oxygen atoms in total. The van der Waals surface area contributed by atoms with Gasteiger partial charge in [0.15, 0.2) is 5.82 Å². The summed E-state index contributed by atoms with van der Waals surface area (Å²) < 4.78 is 5.52. The number of aromatic nitrogens is 2. The molecule has 0 fully saturated rings. The second-order valence-corrected chi connectivity index (χ2v) is 6.05. The molecule has 0 spiro atoms. The number of hydrogen-bond acceptors (Lipinski definition) is 5. The molecule has 90 valence electrons. The van der Waals surface area contributed by atoms with Crippen molar-refractivity contribution in [2.45, 2.75) is 19.8 Å². The second kappa shape index (κ2) is 4.97. The lowest BCUT2D eigenvalue weighted by molar-refractivity contribution is -0.117. The van der Waals surface area contributed by atoms with Crippen LogP contribution in [-0.4, -0.2) is 16.2 Å². The molecule has 2 aromatic rings. The quantitative estimate of drug-likeness (QED) is 0.945. The molecule has 2 heterocycles. The lowest BCUT2D eigenvalue weighted by Gasteiger charge is -2.08. The van der Waals surface area contributed by atoms with E-state index in [4.69, 9.17) is 0 Å². The summed E-state index contributed by atoms with van der Waals surface area (Å²) in [5, 5.41) is 9.90. The molecular formula is C10H10BrN3O2S. The molecule has 0 radical (unpaired) electrons. The minimum Gasteiger partial charge on any atom is -0.306 e. The van der Waals surface area contributed by atoms with Gasteiger partial charge in [0.25, 0.3) is 0 Å². The van der Waals surface area contributed by atoms with Crippen molar-refractivity contribution < 1.29 is 9.42 Å². The second-order valence-electron chi connectivity index (χ2n) is 3.55. The van der Waals surface area contributed by atoms with E-state index in [1.54, 1.807) is 6.92 Å². The van der Waals surface area contributed by atoms with Gasteiger partial charge in [-0.3, -0.25) is 4.79 Å². The molecule has 0 bridgehead atoms. The third-order valence-corrected chi connectivity index (χ3v) is 4.11. The molecule has 0 aliphatic carbocycles. The van der Waals surface area contributed by atoms with Gasteiger partial charge in [0.2, 0.25) is 5.91 Å². The van der Waals surface area contributed by atoms with Gasteiger partial charge in [0.05, 0.1) is 9.70 Å². The van der Waals surface area contributed by atoms with Gasteiger partial charge in [-0.25, -0.2) is 4.63 Å². The average Bonchev–Trinajstić information content (AvgIpc) is 2.88. The van der Waals surface area contributed by atoms with Gasteiger partial charge in [-0.2, -0.15) is 0 Å². The number of anilines is 1. The Bertz CT molecular complexity index is 537. The number of halogens is 1.